The van der Waals surface area contributed by atoms with Crippen LogP contribution in [0.5, 0.6) is 0 Å². The maximum Gasteiger partial charge on any atom is 0.303 e. The van der Waals surface area contributed by atoms with Crippen molar-refractivity contribution in [2.24, 2.45) is 5.92 Å². The molecular formula is C17H27NO2. The molecule has 20 heavy (non-hydrogen) atoms. The molecule has 0 aromatic heterocycles. The van der Waals surface area contributed by atoms with Crippen molar-refractivity contribution in [1.29, 1.82) is 0 Å². The molecule has 0 bridgehead atoms. The van der Waals surface area contributed by atoms with Gasteiger partial charge in [-0.15, -0.1) is 0 Å². The van der Waals surface area contributed by atoms with Gasteiger partial charge in [0, 0.05) is 13.0 Å². The number of esters is 1. The Bertz CT molecular complexity index is 415. The van der Waals surface area contributed by atoms with Crippen molar-refractivity contribution < 1.29 is 9.53 Å². The van der Waals surface area contributed by atoms with Crippen LogP contribution in [0.1, 0.15) is 58.8 Å². The Labute approximate surface area is 122 Å². The average molecular weight is 277 g/mol. The first-order chi connectivity index (χ1) is 9.69. The highest BCUT2D eigenvalue weighted by molar-refractivity contribution is 5.66. The number of ether oxygens (including phenoxy) is 1. The molecule has 0 aromatic rings. The van der Waals surface area contributed by atoms with Crippen molar-refractivity contribution in [3.05, 3.63) is 11.1 Å². The molecule has 112 valence electrons. The van der Waals surface area contributed by atoms with Gasteiger partial charge < -0.3 is 9.64 Å². The van der Waals surface area contributed by atoms with Crippen molar-refractivity contribution in [2.75, 3.05) is 13.1 Å². The van der Waals surface area contributed by atoms with E-state index in [1.165, 1.54) is 57.2 Å². The summed E-state index contributed by atoms with van der Waals surface area (Å²) in [5.74, 6) is 0.670. The highest BCUT2D eigenvalue weighted by Gasteiger charge is 2.39. The first kappa shape index (κ1) is 14.1. The maximum absolute atomic E-state index is 11.3. The normalized spacial score (nSPS) is 34.4. The minimum Gasteiger partial charge on any atom is -0.458 e. The zero-order valence-electron chi connectivity index (χ0n) is 12.9. The van der Waals surface area contributed by atoms with Crippen LogP contribution in [0.25, 0.3) is 0 Å². The molecule has 3 unspecified atom stereocenters. The Morgan fingerprint density at radius 1 is 1.30 bits per heavy atom. The van der Waals surface area contributed by atoms with Gasteiger partial charge >= 0.3 is 5.97 Å². The molecule has 3 atom stereocenters. The highest BCUT2D eigenvalue weighted by atomic mass is 16.5. The fraction of sp³-hybridized carbons (Fsp3) is 0.824. The maximum atomic E-state index is 11.3. The van der Waals surface area contributed by atoms with Gasteiger partial charge in [0.2, 0.25) is 0 Å². The van der Waals surface area contributed by atoms with Gasteiger partial charge in [0.15, 0.2) is 0 Å². The van der Waals surface area contributed by atoms with E-state index in [0.29, 0.717) is 0 Å². The van der Waals surface area contributed by atoms with E-state index in [9.17, 15) is 4.79 Å². The lowest BCUT2D eigenvalue weighted by Crippen LogP contribution is -2.48. The minimum absolute atomic E-state index is 0.0919. The van der Waals surface area contributed by atoms with Crippen molar-refractivity contribution in [3.8, 4) is 0 Å². The average Bonchev–Trinajstić information content (AvgIpc) is 2.44. The molecule has 3 aliphatic rings. The van der Waals surface area contributed by atoms with Crippen LogP contribution >= 0.6 is 0 Å². The molecule has 0 N–H and O–H groups in total. The number of carbonyl (C=O) groups is 1. The van der Waals surface area contributed by atoms with E-state index in [2.05, 4.69) is 11.8 Å². The largest absolute Gasteiger partial charge is 0.458 e. The molecule has 3 rings (SSSR count). The summed E-state index contributed by atoms with van der Waals surface area (Å²) in [5, 5.41) is 0. The Morgan fingerprint density at radius 2 is 2.15 bits per heavy atom. The monoisotopic (exact) mass is 277 g/mol. The molecule has 0 amide bonds. The van der Waals surface area contributed by atoms with Crippen LogP contribution < -0.4 is 0 Å². The van der Waals surface area contributed by atoms with E-state index in [0.717, 1.165) is 18.4 Å². The zero-order valence-corrected chi connectivity index (χ0v) is 12.9. The zero-order chi connectivity index (χ0) is 14.1. The van der Waals surface area contributed by atoms with Gasteiger partial charge in [-0.1, -0.05) is 12.5 Å². The smallest absolute Gasteiger partial charge is 0.303 e. The van der Waals surface area contributed by atoms with Crippen LogP contribution in [0, 0.1) is 5.92 Å². The summed E-state index contributed by atoms with van der Waals surface area (Å²) in [6, 6.07) is 0.753. The second kappa shape index (κ2) is 5.88. The van der Waals surface area contributed by atoms with E-state index in [-0.39, 0.29) is 12.1 Å². The minimum atomic E-state index is -0.121. The van der Waals surface area contributed by atoms with E-state index >= 15 is 0 Å². The molecule has 0 aromatic carbocycles. The molecule has 1 saturated heterocycles. The van der Waals surface area contributed by atoms with Gasteiger partial charge in [-0.3, -0.25) is 4.79 Å². The highest BCUT2D eigenvalue weighted by Crippen LogP contribution is 2.44. The predicted molar refractivity (Wildman–Crippen MR) is 79.4 cm³/mol. The van der Waals surface area contributed by atoms with Crippen LogP contribution in [0.3, 0.4) is 0 Å². The first-order valence-electron chi connectivity index (χ1n) is 8.31. The van der Waals surface area contributed by atoms with Gasteiger partial charge in [-0.2, -0.15) is 0 Å². The van der Waals surface area contributed by atoms with Crippen LogP contribution in [-0.2, 0) is 9.53 Å². The SMILES string of the molecule is CCN1CCCC2CC3=C(CCCC3OC(C)=O)CC21. The Hall–Kier alpha value is -0.830. The summed E-state index contributed by atoms with van der Waals surface area (Å²) >= 11 is 0. The number of hydrogen-bond donors (Lipinski definition) is 0. The van der Waals surface area contributed by atoms with E-state index in [1.807, 2.05) is 0 Å². The number of nitrogens with zero attached hydrogens (tertiary/aromatic N) is 1. The van der Waals surface area contributed by atoms with Gasteiger partial charge in [0.1, 0.15) is 6.10 Å². The number of fused-ring (bicyclic) bond motifs is 1. The van der Waals surface area contributed by atoms with Crippen molar-refractivity contribution in [3.63, 3.8) is 0 Å². The van der Waals surface area contributed by atoms with Crippen molar-refractivity contribution in [2.45, 2.75) is 70.9 Å². The summed E-state index contributed by atoms with van der Waals surface area (Å²) in [7, 11) is 0. The molecule has 1 fully saturated rings. The number of carbonyl (C=O) groups excluding carboxylic acids is 1. The van der Waals surface area contributed by atoms with Crippen LogP contribution in [0.4, 0.5) is 0 Å². The van der Waals surface area contributed by atoms with Crippen molar-refractivity contribution in [1.82, 2.24) is 4.90 Å². The lowest BCUT2D eigenvalue weighted by atomic mass is 9.70. The Kier molecular flexibility index (Phi) is 4.16. The van der Waals surface area contributed by atoms with Gasteiger partial charge in [-0.05, 0) is 69.5 Å². The summed E-state index contributed by atoms with van der Waals surface area (Å²) < 4.78 is 5.58. The number of piperidine rings is 1. The topological polar surface area (TPSA) is 29.5 Å². The molecule has 0 saturated carbocycles. The summed E-state index contributed by atoms with van der Waals surface area (Å²) in [6.07, 6.45) is 8.62. The quantitative estimate of drug-likeness (QED) is 0.573. The molecule has 1 aliphatic heterocycles. The molecule has 0 radical (unpaired) electrons. The molecule has 2 aliphatic carbocycles. The lowest BCUT2D eigenvalue weighted by Gasteiger charge is -2.47. The fourth-order valence-electron chi connectivity index (χ4n) is 4.58. The third kappa shape index (κ3) is 2.65. The second-order valence-corrected chi connectivity index (χ2v) is 6.63. The van der Waals surface area contributed by atoms with Crippen LogP contribution in [0.15, 0.2) is 11.1 Å². The first-order valence-corrected chi connectivity index (χ1v) is 8.31. The second-order valence-electron chi connectivity index (χ2n) is 6.63. The van der Waals surface area contributed by atoms with Gasteiger partial charge in [-0.25, -0.2) is 0 Å². The van der Waals surface area contributed by atoms with Gasteiger partial charge in [0.05, 0.1) is 0 Å². The fourth-order valence-corrected chi connectivity index (χ4v) is 4.58. The molecule has 1 heterocycles. The summed E-state index contributed by atoms with van der Waals surface area (Å²) in [5.41, 5.74) is 3.11. The summed E-state index contributed by atoms with van der Waals surface area (Å²) in [6.45, 7) is 6.28. The van der Waals surface area contributed by atoms with E-state index < -0.39 is 0 Å². The third-order valence-electron chi connectivity index (χ3n) is 5.47. The predicted octanol–water partition coefficient (Wildman–Crippen LogP) is 3.29. The number of likely N-dealkylation sites (tertiary alicyclic amines) is 1. The summed E-state index contributed by atoms with van der Waals surface area (Å²) in [4.78, 5) is 14.0. The van der Waals surface area contributed by atoms with Crippen LogP contribution in [0.2, 0.25) is 0 Å². The van der Waals surface area contributed by atoms with Crippen LogP contribution in [-0.4, -0.2) is 36.1 Å². The molecule has 3 nitrogen and oxygen atoms in total. The molecule has 0 spiro atoms. The van der Waals surface area contributed by atoms with Crippen molar-refractivity contribution >= 4 is 5.97 Å². The van der Waals surface area contributed by atoms with E-state index in [1.54, 1.807) is 12.5 Å². The number of rotatable bonds is 2. The Balaban J connectivity index is 1.81. The lowest BCUT2D eigenvalue weighted by molar-refractivity contribution is -0.145. The molecule has 3 heteroatoms. The molecular weight excluding hydrogens is 250 g/mol. The third-order valence-corrected chi connectivity index (χ3v) is 5.47. The Morgan fingerprint density at radius 3 is 2.90 bits per heavy atom. The van der Waals surface area contributed by atoms with Gasteiger partial charge in [0.25, 0.3) is 0 Å². The standard InChI is InChI=1S/C17H27NO2/c1-3-18-9-5-7-14-10-15-13(11-16(14)18)6-4-8-17(15)20-12(2)19/h14,16-17H,3-11H2,1-2H3. The number of hydrogen-bond acceptors (Lipinski definition) is 3. The van der Waals surface area contributed by atoms with E-state index in [4.69, 9.17) is 4.74 Å².